The molecule has 0 saturated carbocycles. The SMILES string of the molecule is COc1ccccc1N(CC(=O)N[C@H](CC(C)C)c1ccccc1)S(=O)(=O)c1ccc(C)cc1. The van der Waals surface area contributed by atoms with Crippen molar-refractivity contribution < 1.29 is 17.9 Å². The average Bonchev–Trinajstić information content (AvgIpc) is 2.82. The summed E-state index contributed by atoms with van der Waals surface area (Å²) in [6, 6.07) is 22.9. The van der Waals surface area contributed by atoms with Gasteiger partial charge in [-0.25, -0.2) is 8.42 Å². The van der Waals surface area contributed by atoms with Gasteiger partial charge in [-0.1, -0.05) is 74.0 Å². The van der Waals surface area contributed by atoms with E-state index in [0.29, 0.717) is 17.4 Å². The Labute approximate surface area is 202 Å². The number of amides is 1. The molecule has 1 atom stereocenters. The number of benzene rings is 3. The van der Waals surface area contributed by atoms with Gasteiger partial charge < -0.3 is 10.1 Å². The van der Waals surface area contributed by atoms with E-state index in [-0.39, 0.29) is 17.5 Å². The van der Waals surface area contributed by atoms with E-state index >= 15 is 0 Å². The molecule has 0 aromatic heterocycles. The van der Waals surface area contributed by atoms with Gasteiger partial charge in [-0.2, -0.15) is 0 Å². The summed E-state index contributed by atoms with van der Waals surface area (Å²) in [4.78, 5) is 13.4. The molecule has 3 aromatic rings. The molecule has 0 radical (unpaired) electrons. The predicted molar refractivity (Wildman–Crippen MR) is 135 cm³/mol. The molecule has 180 valence electrons. The largest absolute Gasteiger partial charge is 0.495 e. The molecular weight excluding hydrogens is 448 g/mol. The van der Waals surface area contributed by atoms with Crippen LogP contribution in [0.15, 0.2) is 83.8 Å². The summed E-state index contributed by atoms with van der Waals surface area (Å²) in [6.45, 7) is 5.69. The number of nitrogens with one attached hydrogen (secondary N) is 1. The van der Waals surface area contributed by atoms with Crippen LogP contribution in [0.1, 0.15) is 37.4 Å². The molecule has 0 unspecified atom stereocenters. The van der Waals surface area contributed by atoms with E-state index < -0.39 is 15.9 Å². The highest BCUT2D eigenvalue weighted by molar-refractivity contribution is 7.92. The maximum absolute atomic E-state index is 13.7. The number of hydrogen-bond donors (Lipinski definition) is 1. The topological polar surface area (TPSA) is 75.7 Å². The molecular formula is C27H32N2O4S. The second-order valence-corrected chi connectivity index (χ2v) is 10.5. The van der Waals surface area contributed by atoms with E-state index in [1.165, 1.54) is 7.11 Å². The molecule has 34 heavy (non-hydrogen) atoms. The molecule has 3 rings (SSSR count). The summed E-state index contributed by atoms with van der Waals surface area (Å²) in [5.41, 5.74) is 2.23. The Balaban J connectivity index is 1.96. The zero-order chi connectivity index (χ0) is 24.7. The third-order valence-corrected chi connectivity index (χ3v) is 7.27. The number of anilines is 1. The van der Waals surface area contributed by atoms with Gasteiger partial charge in [0.05, 0.1) is 23.7 Å². The van der Waals surface area contributed by atoms with Gasteiger partial charge in [0.15, 0.2) is 0 Å². The quantitative estimate of drug-likeness (QED) is 0.438. The fraction of sp³-hybridized carbons (Fsp3) is 0.296. The van der Waals surface area contributed by atoms with E-state index in [1.54, 1.807) is 48.5 Å². The third-order valence-electron chi connectivity index (χ3n) is 5.49. The fourth-order valence-corrected chi connectivity index (χ4v) is 5.21. The van der Waals surface area contributed by atoms with E-state index in [2.05, 4.69) is 19.2 Å². The van der Waals surface area contributed by atoms with Crippen LogP contribution in [-0.4, -0.2) is 28.0 Å². The Morgan fingerprint density at radius 3 is 2.18 bits per heavy atom. The van der Waals surface area contributed by atoms with Crippen LogP contribution in [0.25, 0.3) is 0 Å². The number of carbonyl (C=O) groups is 1. The highest BCUT2D eigenvalue weighted by atomic mass is 32.2. The predicted octanol–water partition coefficient (Wildman–Crippen LogP) is 5.10. The Morgan fingerprint density at radius 2 is 1.56 bits per heavy atom. The van der Waals surface area contributed by atoms with Gasteiger partial charge in [-0.3, -0.25) is 9.10 Å². The summed E-state index contributed by atoms with van der Waals surface area (Å²) < 4.78 is 33.9. The molecule has 7 heteroatoms. The molecule has 1 N–H and O–H groups in total. The highest BCUT2D eigenvalue weighted by Crippen LogP contribution is 2.32. The number of carbonyl (C=O) groups excluding carboxylic acids is 1. The first-order valence-corrected chi connectivity index (χ1v) is 12.7. The molecule has 3 aromatic carbocycles. The van der Waals surface area contributed by atoms with Crippen LogP contribution < -0.4 is 14.4 Å². The Bertz CT molecular complexity index is 1190. The molecule has 0 spiro atoms. The molecule has 0 aliphatic rings. The van der Waals surface area contributed by atoms with Crippen LogP contribution in [0.2, 0.25) is 0 Å². The Hall–Kier alpha value is -3.32. The van der Waals surface area contributed by atoms with Gasteiger partial charge in [0.1, 0.15) is 12.3 Å². The summed E-state index contributed by atoms with van der Waals surface area (Å²) in [7, 11) is -2.55. The number of ether oxygens (including phenoxy) is 1. The second kappa shape index (κ2) is 11.2. The van der Waals surface area contributed by atoms with Crippen molar-refractivity contribution in [3.05, 3.63) is 90.0 Å². The van der Waals surface area contributed by atoms with E-state index in [0.717, 1.165) is 21.9 Å². The van der Waals surface area contributed by atoms with Crippen molar-refractivity contribution in [3.8, 4) is 5.75 Å². The Kier molecular flexibility index (Phi) is 8.34. The number of aryl methyl sites for hydroxylation is 1. The van der Waals surface area contributed by atoms with Crippen molar-refractivity contribution in [1.82, 2.24) is 5.32 Å². The first-order chi connectivity index (χ1) is 16.2. The van der Waals surface area contributed by atoms with Gasteiger partial charge in [-0.15, -0.1) is 0 Å². The number of rotatable bonds is 10. The molecule has 0 saturated heterocycles. The lowest BCUT2D eigenvalue weighted by molar-refractivity contribution is -0.120. The van der Waals surface area contributed by atoms with Crippen LogP contribution in [0.4, 0.5) is 5.69 Å². The summed E-state index contributed by atoms with van der Waals surface area (Å²) in [5, 5.41) is 3.05. The number of para-hydroxylation sites is 2. The summed E-state index contributed by atoms with van der Waals surface area (Å²) in [6.07, 6.45) is 0.731. The van der Waals surface area contributed by atoms with Gasteiger partial charge in [0.2, 0.25) is 5.91 Å². The first-order valence-electron chi connectivity index (χ1n) is 11.3. The van der Waals surface area contributed by atoms with Crippen molar-refractivity contribution in [3.63, 3.8) is 0 Å². The van der Waals surface area contributed by atoms with E-state index in [1.807, 2.05) is 37.3 Å². The maximum Gasteiger partial charge on any atom is 0.264 e. The van der Waals surface area contributed by atoms with Gasteiger partial charge >= 0.3 is 0 Å². The Morgan fingerprint density at radius 1 is 0.941 bits per heavy atom. The van der Waals surface area contributed by atoms with Crippen LogP contribution in [0.3, 0.4) is 0 Å². The number of nitrogens with zero attached hydrogens (tertiary/aromatic N) is 1. The first kappa shape index (κ1) is 25.3. The zero-order valence-corrected chi connectivity index (χ0v) is 20.9. The lowest BCUT2D eigenvalue weighted by Crippen LogP contribution is -2.42. The van der Waals surface area contributed by atoms with Crippen LogP contribution in [0.5, 0.6) is 5.75 Å². The second-order valence-electron chi connectivity index (χ2n) is 8.66. The van der Waals surface area contributed by atoms with Gasteiger partial charge in [-0.05, 0) is 49.1 Å². The number of sulfonamides is 1. The van der Waals surface area contributed by atoms with Gasteiger partial charge in [0.25, 0.3) is 10.0 Å². The van der Waals surface area contributed by atoms with E-state index in [9.17, 15) is 13.2 Å². The van der Waals surface area contributed by atoms with Crippen LogP contribution in [0, 0.1) is 12.8 Å². The minimum atomic E-state index is -4.03. The molecule has 0 heterocycles. The number of hydrogen-bond acceptors (Lipinski definition) is 4. The zero-order valence-electron chi connectivity index (χ0n) is 20.1. The average molecular weight is 481 g/mol. The lowest BCUT2D eigenvalue weighted by Gasteiger charge is -2.27. The smallest absolute Gasteiger partial charge is 0.264 e. The highest BCUT2D eigenvalue weighted by Gasteiger charge is 2.30. The summed E-state index contributed by atoms with van der Waals surface area (Å²) >= 11 is 0. The van der Waals surface area contributed by atoms with Crippen molar-refractivity contribution in [2.24, 2.45) is 5.92 Å². The van der Waals surface area contributed by atoms with Crippen molar-refractivity contribution >= 4 is 21.6 Å². The van der Waals surface area contributed by atoms with Gasteiger partial charge in [0, 0.05) is 0 Å². The third kappa shape index (κ3) is 6.17. The molecule has 0 aliphatic carbocycles. The summed E-state index contributed by atoms with van der Waals surface area (Å²) in [5.74, 6) is 0.316. The molecule has 0 aliphatic heterocycles. The minimum Gasteiger partial charge on any atom is -0.495 e. The number of methoxy groups -OCH3 is 1. The van der Waals surface area contributed by atoms with Crippen LogP contribution in [-0.2, 0) is 14.8 Å². The fourth-order valence-electron chi connectivity index (χ4n) is 3.78. The molecule has 0 bridgehead atoms. The van der Waals surface area contributed by atoms with Crippen molar-refractivity contribution in [2.75, 3.05) is 18.0 Å². The molecule has 0 fully saturated rings. The van der Waals surface area contributed by atoms with Crippen molar-refractivity contribution in [2.45, 2.75) is 38.1 Å². The standard InChI is InChI=1S/C27H32N2O4S/c1-20(2)18-24(22-10-6-5-7-11-22)28-27(30)19-29(25-12-8-9-13-26(25)33-4)34(31,32)23-16-14-21(3)15-17-23/h5-17,20,24H,18-19H2,1-4H3,(H,28,30)/t24-/m1/s1. The monoisotopic (exact) mass is 480 g/mol. The molecule has 1 amide bonds. The molecule has 6 nitrogen and oxygen atoms in total. The minimum absolute atomic E-state index is 0.110. The lowest BCUT2D eigenvalue weighted by atomic mass is 9.97. The van der Waals surface area contributed by atoms with E-state index in [4.69, 9.17) is 4.74 Å². The van der Waals surface area contributed by atoms with Crippen molar-refractivity contribution in [1.29, 1.82) is 0 Å². The van der Waals surface area contributed by atoms with Crippen LogP contribution >= 0.6 is 0 Å². The normalized spacial score (nSPS) is 12.3. The maximum atomic E-state index is 13.7.